The monoisotopic (exact) mass is 466 g/mol. The van der Waals surface area contributed by atoms with Crippen molar-refractivity contribution in [1.82, 2.24) is 4.98 Å². The lowest BCUT2D eigenvalue weighted by molar-refractivity contribution is -0.139. The summed E-state index contributed by atoms with van der Waals surface area (Å²) in [4.78, 5) is 28.0. The molecular weight excluding hydrogens is 452 g/mol. The number of carboxylic acids is 1. The number of hydrogen-bond donors (Lipinski definition) is 2. The molecule has 0 radical (unpaired) electrons. The van der Waals surface area contributed by atoms with Crippen LogP contribution in [0.4, 0.5) is 5.69 Å². The zero-order chi connectivity index (χ0) is 21.1. The SMILES string of the molecule is O=C(O)COc1ccc(NC(=O)c2ccccc2Br)cc1-c1nc2ccccc2o1. The van der Waals surface area contributed by atoms with Gasteiger partial charge in [-0.2, -0.15) is 0 Å². The second kappa shape index (κ2) is 8.38. The first-order valence-electron chi connectivity index (χ1n) is 8.92. The molecule has 3 aromatic carbocycles. The van der Waals surface area contributed by atoms with Gasteiger partial charge in [-0.15, -0.1) is 0 Å². The number of halogens is 1. The number of para-hydroxylation sites is 2. The summed E-state index contributed by atoms with van der Waals surface area (Å²) in [6.07, 6.45) is 0. The van der Waals surface area contributed by atoms with Crippen LogP contribution < -0.4 is 10.1 Å². The van der Waals surface area contributed by atoms with Crippen molar-refractivity contribution in [2.24, 2.45) is 0 Å². The number of carboxylic acid groups (broad SMARTS) is 1. The number of carbonyl (C=O) groups is 2. The fourth-order valence-electron chi connectivity index (χ4n) is 2.87. The van der Waals surface area contributed by atoms with Crippen LogP contribution in [0.15, 0.2) is 75.6 Å². The van der Waals surface area contributed by atoms with E-state index in [-0.39, 0.29) is 17.5 Å². The van der Waals surface area contributed by atoms with Gasteiger partial charge in [-0.1, -0.05) is 24.3 Å². The van der Waals surface area contributed by atoms with Gasteiger partial charge in [0.05, 0.1) is 11.1 Å². The first-order valence-corrected chi connectivity index (χ1v) is 9.71. The number of rotatable bonds is 6. The number of aliphatic carboxylic acids is 1. The second-order valence-electron chi connectivity index (χ2n) is 6.31. The van der Waals surface area contributed by atoms with E-state index >= 15 is 0 Å². The minimum atomic E-state index is -1.11. The normalized spacial score (nSPS) is 10.7. The van der Waals surface area contributed by atoms with Crippen LogP contribution >= 0.6 is 15.9 Å². The number of amides is 1. The Labute approximate surface area is 179 Å². The number of aromatic nitrogens is 1. The van der Waals surface area contributed by atoms with Crippen molar-refractivity contribution in [3.8, 4) is 17.2 Å². The lowest BCUT2D eigenvalue weighted by atomic mass is 10.1. The molecule has 1 amide bonds. The minimum Gasteiger partial charge on any atom is -0.481 e. The molecule has 1 heterocycles. The van der Waals surface area contributed by atoms with Gasteiger partial charge < -0.3 is 19.6 Å². The Bertz CT molecular complexity index is 1220. The fraction of sp³-hybridized carbons (Fsp3) is 0.0455. The van der Waals surface area contributed by atoms with Gasteiger partial charge in [0, 0.05) is 10.2 Å². The summed E-state index contributed by atoms with van der Waals surface area (Å²) in [5.74, 6) is -0.869. The van der Waals surface area contributed by atoms with Gasteiger partial charge in [0.2, 0.25) is 5.89 Å². The molecule has 7 nitrogen and oxygen atoms in total. The molecule has 30 heavy (non-hydrogen) atoms. The van der Waals surface area contributed by atoms with Crippen molar-refractivity contribution < 1.29 is 23.8 Å². The Morgan fingerprint density at radius 3 is 2.60 bits per heavy atom. The van der Waals surface area contributed by atoms with E-state index in [4.69, 9.17) is 14.3 Å². The van der Waals surface area contributed by atoms with Crippen LogP contribution in [0, 0.1) is 0 Å². The minimum absolute atomic E-state index is 0.258. The summed E-state index contributed by atoms with van der Waals surface area (Å²) in [6, 6.07) is 19.1. The zero-order valence-electron chi connectivity index (χ0n) is 15.5. The first kappa shape index (κ1) is 19.7. The fourth-order valence-corrected chi connectivity index (χ4v) is 3.34. The third-order valence-electron chi connectivity index (χ3n) is 4.23. The van der Waals surface area contributed by atoms with E-state index in [1.807, 2.05) is 18.2 Å². The molecular formula is C22H15BrN2O5. The lowest BCUT2D eigenvalue weighted by Gasteiger charge is -2.11. The molecule has 0 saturated heterocycles. The van der Waals surface area contributed by atoms with Crippen molar-refractivity contribution in [2.45, 2.75) is 0 Å². The molecule has 0 unspecified atom stereocenters. The Morgan fingerprint density at radius 2 is 1.83 bits per heavy atom. The van der Waals surface area contributed by atoms with Crippen LogP contribution in [0.25, 0.3) is 22.6 Å². The highest BCUT2D eigenvalue weighted by Gasteiger charge is 2.17. The van der Waals surface area contributed by atoms with Crippen LogP contribution in [-0.4, -0.2) is 28.6 Å². The number of hydrogen-bond acceptors (Lipinski definition) is 5. The Hall–Kier alpha value is -3.65. The zero-order valence-corrected chi connectivity index (χ0v) is 17.0. The van der Waals surface area contributed by atoms with E-state index in [0.29, 0.717) is 32.4 Å². The van der Waals surface area contributed by atoms with Gasteiger partial charge in [0.25, 0.3) is 5.91 Å². The van der Waals surface area contributed by atoms with Crippen LogP contribution in [0.1, 0.15) is 10.4 Å². The molecule has 0 aliphatic heterocycles. The smallest absolute Gasteiger partial charge is 0.341 e. The molecule has 0 aliphatic rings. The maximum Gasteiger partial charge on any atom is 0.341 e. The van der Waals surface area contributed by atoms with Crippen molar-refractivity contribution in [2.75, 3.05) is 11.9 Å². The summed E-state index contributed by atoms with van der Waals surface area (Å²) in [6.45, 7) is -0.518. The van der Waals surface area contributed by atoms with Crippen LogP contribution in [0.3, 0.4) is 0 Å². The summed E-state index contributed by atoms with van der Waals surface area (Å²) in [5.41, 5.74) is 2.62. The molecule has 8 heteroatoms. The average molecular weight is 467 g/mol. The maximum atomic E-state index is 12.6. The van der Waals surface area contributed by atoms with Gasteiger partial charge in [-0.25, -0.2) is 9.78 Å². The highest BCUT2D eigenvalue weighted by Crippen LogP contribution is 2.34. The Morgan fingerprint density at radius 1 is 1.07 bits per heavy atom. The van der Waals surface area contributed by atoms with E-state index in [2.05, 4.69) is 26.2 Å². The molecule has 2 N–H and O–H groups in total. The molecule has 150 valence electrons. The standard InChI is InChI=1S/C22H15BrN2O5/c23-16-6-2-1-5-14(16)21(28)24-13-9-10-18(29-12-20(26)27)15(11-13)22-25-17-7-3-4-8-19(17)30-22/h1-11H,12H2,(H,24,28)(H,26,27). The molecule has 1 aromatic heterocycles. The van der Waals surface area contributed by atoms with E-state index < -0.39 is 12.6 Å². The van der Waals surface area contributed by atoms with E-state index in [9.17, 15) is 9.59 Å². The highest BCUT2D eigenvalue weighted by atomic mass is 79.9. The number of fused-ring (bicyclic) bond motifs is 1. The van der Waals surface area contributed by atoms with Gasteiger partial charge >= 0.3 is 5.97 Å². The molecule has 4 rings (SSSR count). The summed E-state index contributed by atoms with van der Waals surface area (Å²) < 4.78 is 11.9. The number of oxazole rings is 1. The van der Waals surface area contributed by atoms with Crippen LogP contribution in [0.5, 0.6) is 5.75 Å². The molecule has 0 saturated carbocycles. The van der Waals surface area contributed by atoms with E-state index in [0.717, 1.165) is 0 Å². The summed E-state index contributed by atoms with van der Waals surface area (Å²) >= 11 is 3.37. The maximum absolute atomic E-state index is 12.6. The van der Waals surface area contributed by atoms with Crippen molar-refractivity contribution in [3.63, 3.8) is 0 Å². The van der Waals surface area contributed by atoms with Crippen LogP contribution in [-0.2, 0) is 4.79 Å². The molecule has 0 spiro atoms. The molecule has 0 atom stereocenters. The second-order valence-corrected chi connectivity index (χ2v) is 7.17. The Kier molecular flexibility index (Phi) is 5.49. The largest absolute Gasteiger partial charge is 0.481 e. The molecule has 0 bridgehead atoms. The number of benzene rings is 3. The number of carbonyl (C=O) groups excluding carboxylic acids is 1. The van der Waals surface area contributed by atoms with Crippen molar-refractivity contribution in [3.05, 3.63) is 76.8 Å². The number of anilines is 1. The first-order chi connectivity index (χ1) is 14.5. The third kappa shape index (κ3) is 4.18. The van der Waals surface area contributed by atoms with Gasteiger partial charge in [-0.3, -0.25) is 4.79 Å². The predicted molar refractivity (Wildman–Crippen MR) is 115 cm³/mol. The van der Waals surface area contributed by atoms with E-state index in [1.54, 1.807) is 48.5 Å². The van der Waals surface area contributed by atoms with Gasteiger partial charge in [0.15, 0.2) is 12.2 Å². The lowest BCUT2D eigenvalue weighted by Crippen LogP contribution is -2.13. The van der Waals surface area contributed by atoms with Crippen molar-refractivity contribution in [1.29, 1.82) is 0 Å². The average Bonchev–Trinajstić information content (AvgIpc) is 3.17. The number of nitrogens with one attached hydrogen (secondary N) is 1. The molecule has 0 aliphatic carbocycles. The third-order valence-corrected chi connectivity index (χ3v) is 4.92. The quantitative estimate of drug-likeness (QED) is 0.415. The van der Waals surface area contributed by atoms with Crippen LogP contribution in [0.2, 0.25) is 0 Å². The number of ether oxygens (including phenoxy) is 1. The predicted octanol–water partition coefficient (Wildman–Crippen LogP) is 4.97. The summed E-state index contributed by atoms with van der Waals surface area (Å²) in [5, 5.41) is 11.8. The Balaban J connectivity index is 1.71. The molecule has 0 fully saturated rings. The number of nitrogens with zero attached hydrogens (tertiary/aromatic N) is 1. The molecule has 4 aromatic rings. The summed E-state index contributed by atoms with van der Waals surface area (Å²) in [7, 11) is 0. The van der Waals surface area contributed by atoms with E-state index in [1.165, 1.54) is 0 Å². The highest BCUT2D eigenvalue weighted by molar-refractivity contribution is 9.10. The van der Waals surface area contributed by atoms with Crippen molar-refractivity contribution >= 4 is 44.6 Å². The van der Waals surface area contributed by atoms with Gasteiger partial charge in [0.1, 0.15) is 11.3 Å². The topological polar surface area (TPSA) is 102 Å². The van der Waals surface area contributed by atoms with Gasteiger partial charge in [-0.05, 0) is 58.4 Å².